The molecule has 6 nitrogen and oxygen atoms in total. The number of benzene rings is 1. The predicted molar refractivity (Wildman–Crippen MR) is 110 cm³/mol. The van der Waals surface area contributed by atoms with Crippen molar-refractivity contribution in [1.82, 2.24) is 20.1 Å². The number of rotatable bonds is 8. The smallest absolute Gasteiger partial charge is 0.857 e. The molecule has 1 aromatic carbocycles. The molecular weight excluding hydrogens is 472 g/mol. The summed E-state index contributed by atoms with van der Waals surface area (Å²) in [5, 5.41) is 11.3. The second kappa shape index (κ2) is 14.9. The topological polar surface area (TPSA) is 74.4 Å². The third-order valence-corrected chi connectivity index (χ3v) is 4.15. The molecule has 0 saturated carbocycles. The van der Waals surface area contributed by atoms with Gasteiger partial charge in [0, 0.05) is 19.0 Å². The van der Waals surface area contributed by atoms with E-state index in [0.717, 1.165) is 13.7 Å². The molecule has 1 atom stereocenters. The Balaban J connectivity index is 0.00000235. The molecule has 0 aliphatic rings. The Morgan fingerprint density at radius 2 is 1.82 bits per heavy atom. The summed E-state index contributed by atoms with van der Waals surface area (Å²) in [6.07, 6.45) is 1.64. The Hall–Kier alpha value is -0.0331. The molecule has 1 heterocycles. The molecule has 0 aliphatic heterocycles. The third-order valence-electron chi connectivity index (χ3n) is 4.15. The zero-order valence-electron chi connectivity index (χ0n) is 18.0. The summed E-state index contributed by atoms with van der Waals surface area (Å²) in [5.74, 6) is 0.169. The molecule has 1 aromatic heterocycles. The number of carbonyl (C=O) groups excluding carboxylic acids is 1. The van der Waals surface area contributed by atoms with Gasteiger partial charge < -0.3 is 25.2 Å². The van der Waals surface area contributed by atoms with Gasteiger partial charge in [0.1, 0.15) is 13.5 Å². The monoisotopic (exact) mass is 502 g/mol. The van der Waals surface area contributed by atoms with Gasteiger partial charge in [0.15, 0.2) is 0 Å². The number of amides is 1. The van der Waals surface area contributed by atoms with Gasteiger partial charge in [-0.1, -0.05) is 35.3 Å². The van der Waals surface area contributed by atoms with E-state index in [1.807, 2.05) is 11.9 Å². The molecule has 0 saturated heterocycles. The van der Waals surface area contributed by atoms with Crippen LogP contribution in [0.15, 0.2) is 36.5 Å². The van der Waals surface area contributed by atoms with Gasteiger partial charge in [-0.15, -0.1) is 0 Å². The summed E-state index contributed by atoms with van der Waals surface area (Å²) in [6, 6.07) is 10.2. The van der Waals surface area contributed by atoms with Crippen LogP contribution in [0.25, 0.3) is 0 Å². The average molecular weight is 502 g/mol. The van der Waals surface area contributed by atoms with E-state index in [2.05, 4.69) is 60.5 Å². The predicted octanol–water partition coefficient (Wildman–Crippen LogP) is -2.94. The Morgan fingerprint density at radius 1 is 1.21 bits per heavy atom. The Kier molecular flexibility index (Phi) is 14.9. The minimum absolute atomic E-state index is 0. The maximum Gasteiger partial charge on any atom is 1.00 e. The van der Waals surface area contributed by atoms with E-state index >= 15 is 0 Å². The van der Waals surface area contributed by atoms with Crippen molar-refractivity contribution in [2.24, 2.45) is 0 Å². The molecule has 146 valence electrons. The van der Waals surface area contributed by atoms with Gasteiger partial charge in [0.25, 0.3) is 5.91 Å². The summed E-state index contributed by atoms with van der Waals surface area (Å²) in [7, 11) is 12.4. The van der Waals surface area contributed by atoms with Crippen molar-refractivity contribution in [3.05, 3.63) is 53.3 Å². The number of nitrogens with one attached hydrogen (secondary N) is 2. The van der Waals surface area contributed by atoms with E-state index in [9.17, 15) is 4.79 Å². The van der Waals surface area contributed by atoms with Gasteiger partial charge in [-0.3, -0.25) is 4.79 Å². The van der Waals surface area contributed by atoms with Crippen molar-refractivity contribution >= 4 is 19.2 Å². The van der Waals surface area contributed by atoms with Crippen molar-refractivity contribution in [2.45, 2.75) is 12.8 Å². The first kappa shape index (κ1) is 28.0. The van der Waals surface area contributed by atoms with Crippen LogP contribution in [0, 0.1) is 6.92 Å². The Morgan fingerprint density at radius 3 is 2.29 bits per heavy atom. The van der Waals surface area contributed by atoms with Crippen molar-refractivity contribution in [3.63, 3.8) is 0 Å². The van der Waals surface area contributed by atoms with Crippen molar-refractivity contribution in [2.75, 3.05) is 48.0 Å². The number of hydrogen-bond donors (Lipinski definition) is 2. The zero-order valence-corrected chi connectivity index (χ0v) is 24.2. The first-order valence-electron chi connectivity index (χ1n) is 8.90. The zero-order chi connectivity index (χ0) is 20.4. The molecule has 0 aliphatic carbocycles. The second-order valence-corrected chi connectivity index (χ2v) is 6.76. The van der Waals surface area contributed by atoms with E-state index in [-0.39, 0.29) is 80.7 Å². The SMILES string of the molecule is C[O-].[B]c1c[nH]c(C(=O)N(CNC)CC(CN(C)C)c2ccc(C)cc2)c1.[Cs+]. The maximum atomic E-state index is 12.8. The molecule has 0 fully saturated rings. The summed E-state index contributed by atoms with van der Waals surface area (Å²) >= 11 is 0. The largest absolute Gasteiger partial charge is 1.00 e. The van der Waals surface area contributed by atoms with Crippen LogP contribution < -0.4 is 84.8 Å². The number of aryl methyl sites for hydroxylation is 1. The number of aromatic nitrogens is 1. The van der Waals surface area contributed by atoms with E-state index in [1.165, 1.54) is 11.1 Å². The van der Waals surface area contributed by atoms with Gasteiger partial charge in [-0.2, -0.15) is 7.11 Å². The Labute approximate surface area is 229 Å². The van der Waals surface area contributed by atoms with E-state index in [1.54, 1.807) is 12.3 Å². The molecule has 8 heteroatoms. The van der Waals surface area contributed by atoms with Crippen LogP contribution in [0.1, 0.15) is 27.5 Å². The Bertz CT molecular complexity index is 692. The molecule has 28 heavy (non-hydrogen) atoms. The number of aromatic amines is 1. The number of H-pyrrole nitrogens is 1. The average Bonchev–Trinajstić information content (AvgIpc) is 3.08. The van der Waals surface area contributed by atoms with Crippen molar-refractivity contribution in [1.29, 1.82) is 0 Å². The number of carbonyl (C=O) groups is 1. The van der Waals surface area contributed by atoms with Gasteiger partial charge in [-0.25, -0.2) is 0 Å². The van der Waals surface area contributed by atoms with Crippen LogP contribution in [0.4, 0.5) is 0 Å². The van der Waals surface area contributed by atoms with Crippen molar-refractivity contribution in [3.8, 4) is 0 Å². The molecule has 2 aromatic rings. The van der Waals surface area contributed by atoms with Crippen LogP contribution >= 0.6 is 0 Å². The van der Waals surface area contributed by atoms with Crippen LogP contribution in [0.5, 0.6) is 0 Å². The normalized spacial score (nSPS) is 11.2. The van der Waals surface area contributed by atoms with Crippen LogP contribution in [0.2, 0.25) is 0 Å². The number of hydrogen-bond acceptors (Lipinski definition) is 4. The minimum Gasteiger partial charge on any atom is -0.857 e. The minimum atomic E-state index is -0.0538. The first-order valence-corrected chi connectivity index (χ1v) is 8.90. The molecular formula is C20H30BCsN4O2. The molecule has 0 spiro atoms. The molecule has 2 radical (unpaired) electrons. The van der Waals surface area contributed by atoms with Crippen molar-refractivity contribution < 1.29 is 78.8 Å². The quantitative estimate of drug-likeness (QED) is 0.300. The third kappa shape index (κ3) is 9.19. The second-order valence-electron chi connectivity index (χ2n) is 6.76. The van der Waals surface area contributed by atoms with E-state index < -0.39 is 0 Å². The van der Waals surface area contributed by atoms with Gasteiger partial charge in [0.2, 0.25) is 0 Å². The van der Waals surface area contributed by atoms with E-state index in [0.29, 0.717) is 24.4 Å². The summed E-state index contributed by atoms with van der Waals surface area (Å²) in [6.45, 7) is 4.05. The van der Waals surface area contributed by atoms with Crippen LogP contribution in [-0.2, 0) is 0 Å². The fraction of sp³-hybridized carbons (Fsp3) is 0.450. The van der Waals surface area contributed by atoms with Crippen LogP contribution in [-0.4, -0.2) is 76.5 Å². The van der Waals surface area contributed by atoms with Gasteiger partial charge >= 0.3 is 68.9 Å². The molecule has 2 rings (SSSR count). The van der Waals surface area contributed by atoms with Crippen LogP contribution in [0.3, 0.4) is 0 Å². The molecule has 1 unspecified atom stereocenters. The fourth-order valence-corrected chi connectivity index (χ4v) is 2.93. The first-order chi connectivity index (χ1) is 12.9. The maximum absolute atomic E-state index is 12.8. The van der Waals surface area contributed by atoms with Gasteiger partial charge in [0.05, 0.1) is 6.67 Å². The standard InChI is InChI=1S/C19H27BN4O.CH3O.Cs/c1-14-5-7-15(8-6-14)16(11-23(3)4)12-24(13-21-2)19(25)18-9-17(20)10-22-18;1-2;/h5-10,16,21-22H,11-13H2,1-4H3;1H3;/q;-1;+1. The molecule has 1 amide bonds. The van der Waals surface area contributed by atoms with E-state index in [4.69, 9.17) is 13.0 Å². The summed E-state index contributed by atoms with van der Waals surface area (Å²) < 4.78 is 0. The summed E-state index contributed by atoms with van der Waals surface area (Å²) in [5.41, 5.74) is 3.55. The number of nitrogens with zero attached hydrogens (tertiary/aromatic N) is 2. The summed E-state index contributed by atoms with van der Waals surface area (Å²) in [4.78, 5) is 19.8. The number of likely N-dealkylation sites (N-methyl/N-ethyl adjacent to an activating group) is 1. The van der Waals surface area contributed by atoms with Gasteiger partial charge in [-0.05, 0) is 45.9 Å². The molecule has 2 N–H and O–H groups in total. The fourth-order valence-electron chi connectivity index (χ4n) is 2.93. The molecule has 0 bridgehead atoms.